The number of aromatic nitrogens is 2. The van der Waals surface area contributed by atoms with E-state index in [1.165, 1.54) is 24.5 Å². The van der Waals surface area contributed by atoms with Gasteiger partial charge in [0.1, 0.15) is 18.4 Å². The van der Waals surface area contributed by atoms with Crippen LogP contribution in [0.3, 0.4) is 0 Å². The van der Waals surface area contributed by atoms with Crippen molar-refractivity contribution in [2.24, 2.45) is 0 Å². The van der Waals surface area contributed by atoms with E-state index < -0.39 is 23.9 Å². The fourth-order valence-electron chi connectivity index (χ4n) is 2.95. The lowest BCUT2D eigenvalue weighted by Gasteiger charge is -2.21. The zero-order valence-corrected chi connectivity index (χ0v) is 15.9. The number of rotatable bonds is 4. The molecule has 2 heterocycles. The Kier molecular flexibility index (Phi) is 5.21. The molecule has 2 aromatic carbocycles. The molecule has 10 heteroatoms. The molecule has 0 unspecified atom stereocenters. The van der Waals surface area contributed by atoms with Crippen molar-refractivity contribution in [2.75, 3.05) is 11.5 Å². The van der Waals surface area contributed by atoms with E-state index in [0.717, 1.165) is 17.0 Å². The summed E-state index contributed by atoms with van der Waals surface area (Å²) in [5.41, 5.74) is -0.531. The smallest absolute Gasteiger partial charge is 0.416 e. The zero-order valence-electron chi connectivity index (χ0n) is 15.1. The average Bonchev–Trinajstić information content (AvgIpc) is 3.11. The predicted molar refractivity (Wildman–Crippen MR) is 102 cm³/mol. The monoisotopic (exact) mass is 435 g/mol. The molecule has 30 heavy (non-hydrogen) atoms. The summed E-state index contributed by atoms with van der Waals surface area (Å²) in [6.07, 6.45) is -2.62. The van der Waals surface area contributed by atoms with E-state index in [2.05, 4.69) is 9.97 Å². The summed E-state index contributed by atoms with van der Waals surface area (Å²) in [6.45, 7) is -0.106. The quantitative estimate of drug-likeness (QED) is 0.530. The normalized spacial score (nSPS) is 16.5. The number of benzene rings is 2. The Balaban J connectivity index is 1.57. The van der Waals surface area contributed by atoms with Gasteiger partial charge in [-0.2, -0.15) is 13.2 Å². The fraction of sp³-hybridized carbons (Fsp3) is 0.150. The minimum atomic E-state index is -4.50. The zero-order chi connectivity index (χ0) is 21.3. The molecule has 0 aliphatic carbocycles. The number of hydrogen-bond donors (Lipinski definition) is 0. The van der Waals surface area contributed by atoms with Crippen molar-refractivity contribution in [2.45, 2.75) is 12.2 Å². The third-order valence-corrected chi connectivity index (χ3v) is 4.62. The number of amides is 1. The first-order chi connectivity index (χ1) is 14.3. The van der Waals surface area contributed by atoms with E-state index in [0.29, 0.717) is 10.8 Å². The van der Waals surface area contributed by atoms with Crippen molar-refractivity contribution in [3.63, 3.8) is 0 Å². The number of alkyl halides is 3. The molecule has 1 saturated heterocycles. The van der Waals surface area contributed by atoms with Crippen molar-refractivity contribution >= 4 is 23.5 Å². The minimum Gasteiger partial charge on any atom is -0.447 e. The molecule has 154 valence electrons. The molecule has 1 aliphatic rings. The number of cyclic esters (lactones) is 1. The summed E-state index contributed by atoms with van der Waals surface area (Å²) >= 11 is 5.83. The summed E-state index contributed by atoms with van der Waals surface area (Å²) in [4.78, 5) is 21.7. The molecule has 1 amide bonds. The van der Waals surface area contributed by atoms with Crippen molar-refractivity contribution in [1.82, 2.24) is 9.97 Å². The maximum absolute atomic E-state index is 13.0. The third-order valence-electron chi connectivity index (χ3n) is 4.37. The number of ether oxygens (including phenoxy) is 2. The Labute approximate surface area is 173 Å². The Morgan fingerprint density at radius 1 is 1.10 bits per heavy atom. The number of carbonyl (C=O) groups excluding carboxylic acids is 1. The number of halogens is 4. The number of hydrogen-bond acceptors (Lipinski definition) is 5. The molecule has 1 atom stereocenters. The maximum Gasteiger partial charge on any atom is 0.416 e. The van der Waals surface area contributed by atoms with Gasteiger partial charge in [0.15, 0.2) is 5.82 Å². The molecule has 4 rings (SSSR count). The lowest BCUT2D eigenvalue weighted by atomic mass is 10.0. The van der Waals surface area contributed by atoms with Gasteiger partial charge in [0, 0.05) is 5.02 Å². The van der Waals surface area contributed by atoms with Crippen LogP contribution in [0.1, 0.15) is 17.2 Å². The van der Waals surface area contributed by atoms with E-state index in [4.69, 9.17) is 21.1 Å². The molecular formula is C20H13ClF3N3O3. The Morgan fingerprint density at radius 3 is 2.53 bits per heavy atom. The molecule has 1 fully saturated rings. The van der Waals surface area contributed by atoms with Crippen molar-refractivity contribution in [1.29, 1.82) is 0 Å². The van der Waals surface area contributed by atoms with Gasteiger partial charge in [-0.15, -0.1) is 0 Å². The second kappa shape index (κ2) is 7.83. The molecule has 1 aromatic heterocycles. The van der Waals surface area contributed by atoms with Crippen LogP contribution < -0.4 is 9.64 Å². The Hall–Kier alpha value is -3.33. The van der Waals surface area contributed by atoms with Crippen molar-refractivity contribution in [3.8, 4) is 11.6 Å². The first-order valence-corrected chi connectivity index (χ1v) is 9.08. The topological polar surface area (TPSA) is 64.5 Å². The minimum absolute atomic E-state index is 0.106. The van der Waals surface area contributed by atoms with Gasteiger partial charge in [0.05, 0.1) is 18.0 Å². The fourth-order valence-corrected chi connectivity index (χ4v) is 3.08. The SMILES string of the molecule is O=C1OC[C@H](c2cccc(C(F)(F)F)c2)N1c1cnc(Oc2ccc(Cl)cc2)cn1. The summed E-state index contributed by atoms with van der Waals surface area (Å²) in [5.74, 6) is 0.788. The Morgan fingerprint density at radius 2 is 1.87 bits per heavy atom. The molecule has 3 aromatic rings. The average molecular weight is 436 g/mol. The van der Waals surface area contributed by atoms with Crippen LogP contribution in [0, 0.1) is 0 Å². The molecule has 0 N–H and O–H groups in total. The van der Waals surface area contributed by atoms with Crippen LogP contribution in [0.2, 0.25) is 5.02 Å². The van der Waals surface area contributed by atoms with Gasteiger partial charge in [-0.25, -0.2) is 19.7 Å². The lowest BCUT2D eigenvalue weighted by Crippen LogP contribution is -2.28. The van der Waals surface area contributed by atoms with Crippen LogP contribution in [0.5, 0.6) is 11.6 Å². The van der Waals surface area contributed by atoms with E-state index in [-0.39, 0.29) is 23.9 Å². The summed E-state index contributed by atoms with van der Waals surface area (Å²) < 4.78 is 49.7. The van der Waals surface area contributed by atoms with E-state index in [9.17, 15) is 18.0 Å². The number of nitrogens with zero attached hydrogens (tertiary/aromatic N) is 3. The van der Waals surface area contributed by atoms with Crippen molar-refractivity contribution < 1.29 is 27.4 Å². The molecule has 0 bridgehead atoms. The number of anilines is 1. The van der Waals surface area contributed by atoms with E-state index in [1.807, 2.05) is 0 Å². The highest BCUT2D eigenvalue weighted by molar-refractivity contribution is 6.30. The second-order valence-corrected chi connectivity index (χ2v) is 6.79. The van der Waals surface area contributed by atoms with Gasteiger partial charge in [-0.1, -0.05) is 23.7 Å². The summed E-state index contributed by atoms with van der Waals surface area (Å²) in [5, 5.41) is 0.553. The summed E-state index contributed by atoms with van der Waals surface area (Å²) in [6, 6.07) is 10.6. The standard InChI is InChI=1S/C20H13ClF3N3O3/c21-14-4-6-15(7-5-14)30-18-10-25-17(9-26-18)27-16(11-29-19(27)28)12-2-1-3-13(8-12)20(22,23)24/h1-10,16H,11H2/t16-/m1/s1. The van der Waals surface area contributed by atoms with Gasteiger partial charge in [0.2, 0.25) is 5.88 Å². The highest BCUT2D eigenvalue weighted by Crippen LogP contribution is 2.36. The Bertz CT molecular complexity index is 1060. The number of carbonyl (C=O) groups is 1. The molecule has 0 spiro atoms. The van der Waals surface area contributed by atoms with Gasteiger partial charge >= 0.3 is 12.3 Å². The second-order valence-electron chi connectivity index (χ2n) is 6.35. The van der Waals surface area contributed by atoms with Gasteiger partial charge < -0.3 is 9.47 Å². The highest BCUT2D eigenvalue weighted by atomic mass is 35.5. The van der Waals surface area contributed by atoms with E-state index >= 15 is 0 Å². The maximum atomic E-state index is 13.0. The first kappa shape index (κ1) is 20.0. The molecular weight excluding hydrogens is 423 g/mol. The van der Waals surface area contributed by atoms with Gasteiger partial charge in [0.25, 0.3) is 0 Å². The lowest BCUT2D eigenvalue weighted by molar-refractivity contribution is -0.137. The van der Waals surface area contributed by atoms with Crippen molar-refractivity contribution in [3.05, 3.63) is 77.1 Å². The molecule has 1 aliphatic heterocycles. The van der Waals surface area contributed by atoms with Crippen LogP contribution in [0.15, 0.2) is 60.9 Å². The molecule has 0 radical (unpaired) electrons. The highest BCUT2D eigenvalue weighted by Gasteiger charge is 2.38. The van der Waals surface area contributed by atoms with Crippen LogP contribution in [-0.4, -0.2) is 22.7 Å². The third kappa shape index (κ3) is 4.16. The van der Waals surface area contributed by atoms with Gasteiger partial charge in [-0.05, 0) is 42.0 Å². The molecule has 6 nitrogen and oxygen atoms in total. The first-order valence-electron chi connectivity index (χ1n) is 8.70. The predicted octanol–water partition coefficient (Wildman–Crippen LogP) is 5.64. The van der Waals surface area contributed by atoms with E-state index in [1.54, 1.807) is 24.3 Å². The van der Waals surface area contributed by atoms with Crippen LogP contribution >= 0.6 is 11.6 Å². The summed E-state index contributed by atoms with van der Waals surface area (Å²) in [7, 11) is 0. The van der Waals surface area contributed by atoms with Gasteiger partial charge in [-0.3, -0.25) is 0 Å². The van der Waals surface area contributed by atoms with Crippen LogP contribution in [-0.2, 0) is 10.9 Å². The largest absolute Gasteiger partial charge is 0.447 e. The molecule has 0 saturated carbocycles. The van der Waals surface area contributed by atoms with Crippen LogP contribution in [0.25, 0.3) is 0 Å². The van der Waals surface area contributed by atoms with Crippen LogP contribution in [0.4, 0.5) is 23.8 Å².